The number of rotatable bonds is 4. The summed E-state index contributed by atoms with van der Waals surface area (Å²) in [5, 5.41) is 17.5. The molecule has 31 heavy (non-hydrogen) atoms. The summed E-state index contributed by atoms with van der Waals surface area (Å²) in [6.45, 7) is 0. The Labute approximate surface area is 191 Å². The summed E-state index contributed by atoms with van der Waals surface area (Å²) in [4.78, 5) is 4.68. The second-order valence-corrected chi connectivity index (χ2v) is 8.64. The van der Waals surface area contributed by atoms with Crippen molar-refractivity contribution in [1.82, 2.24) is 10.1 Å². The normalized spacial score (nSPS) is 11.5. The monoisotopic (exact) mass is 483 g/mol. The highest BCUT2D eigenvalue weighted by Gasteiger charge is 2.13. The zero-order valence-corrected chi connectivity index (χ0v) is 18.5. The molecule has 0 fully saturated rings. The Bertz CT molecular complexity index is 1440. The Hall–Kier alpha value is -3.53. The highest BCUT2D eigenvalue weighted by Crippen LogP contribution is 2.31. The first-order chi connectivity index (χ1) is 15.2. The highest BCUT2D eigenvalue weighted by molar-refractivity contribution is 9.10. The lowest BCUT2D eigenvalue weighted by atomic mass is 10.0. The maximum atomic E-state index is 9.77. The van der Waals surface area contributed by atoms with Crippen LogP contribution in [0.15, 0.2) is 87.2 Å². The highest BCUT2D eigenvalue weighted by atomic mass is 79.9. The van der Waals surface area contributed by atoms with Crippen molar-refractivity contribution in [3.05, 3.63) is 93.2 Å². The average molecular weight is 484 g/mol. The van der Waals surface area contributed by atoms with Crippen molar-refractivity contribution in [2.24, 2.45) is 0 Å². The van der Waals surface area contributed by atoms with Crippen molar-refractivity contribution >= 4 is 49.8 Å². The molecule has 5 rings (SSSR count). The molecule has 0 amide bonds. The Morgan fingerprint density at radius 2 is 1.81 bits per heavy atom. The first kappa shape index (κ1) is 19.4. The maximum absolute atomic E-state index is 9.77. The number of nitriles is 1. The molecule has 0 saturated heterocycles. The molecule has 0 spiro atoms. The van der Waals surface area contributed by atoms with Crippen molar-refractivity contribution in [2.75, 3.05) is 0 Å². The Morgan fingerprint density at radius 3 is 2.58 bits per heavy atom. The van der Waals surface area contributed by atoms with Crippen molar-refractivity contribution in [2.45, 2.75) is 0 Å². The molecule has 4 nitrogen and oxygen atoms in total. The fourth-order valence-electron chi connectivity index (χ4n) is 3.31. The third kappa shape index (κ3) is 3.93. The lowest BCUT2D eigenvalue weighted by molar-refractivity contribution is 0.441. The zero-order valence-electron chi connectivity index (χ0n) is 16.1. The van der Waals surface area contributed by atoms with E-state index in [4.69, 9.17) is 4.52 Å². The predicted octanol–water partition coefficient (Wildman–Crippen LogP) is 7.44. The van der Waals surface area contributed by atoms with Crippen LogP contribution in [0.4, 0.5) is 0 Å². The van der Waals surface area contributed by atoms with Gasteiger partial charge >= 0.3 is 0 Å². The van der Waals surface area contributed by atoms with Crippen molar-refractivity contribution < 1.29 is 4.52 Å². The Morgan fingerprint density at radius 1 is 1.00 bits per heavy atom. The van der Waals surface area contributed by atoms with Gasteiger partial charge < -0.3 is 4.52 Å². The molecular weight excluding hydrogens is 470 g/mol. The summed E-state index contributed by atoms with van der Waals surface area (Å²) >= 11 is 4.91. The van der Waals surface area contributed by atoms with Crippen LogP contribution in [0.25, 0.3) is 45.1 Å². The van der Waals surface area contributed by atoms with E-state index in [1.807, 2.05) is 84.3 Å². The minimum atomic E-state index is 0.519. The first-order valence-electron chi connectivity index (χ1n) is 9.50. The van der Waals surface area contributed by atoms with E-state index in [1.54, 1.807) is 0 Å². The number of benzene rings is 3. The number of hydrogen-bond acceptors (Lipinski definition) is 5. The van der Waals surface area contributed by atoms with Gasteiger partial charge in [-0.3, -0.25) is 0 Å². The van der Waals surface area contributed by atoms with E-state index in [0.717, 1.165) is 43.5 Å². The molecule has 0 aliphatic carbocycles. The fourth-order valence-corrected chi connectivity index (χ4v) is 4.36. The molecule has 148 valence electrons. The number of nitrogens with zero attached hydrogens (tertiary/aromatic N) is 3. The van der Waals surface area contributed by atoms with Crippen LogP contribution in [0.1, 0.15) is 10.6 Å². The number of aromatic nitrogens is 2. The number of thiazole rings is 1. The molecule has 0 bridgehead atoms. The van der Waals surface area contributed by atoms with Crippen LogP contribution >= 0.6 is 27.3 Å². The standard InChI is InChI=1S/C25H14BrN3OS/c26-20-9-7-17(8-10-20)23-15-31-25(28-23)19(14-27)12-16-6-11-22-21(13-16)24(30-29-22)18-4-2-1-3-5-18/h1-13,15H. The van der Waals surface area contributed by atoms with Crippen molar-refractivity contribution in [3.8, 4) is 28.7 Å². The Balaban J connectivity index is 1.52. The minimum absolute atomic E-state index is 0.519. The predicted molar refractivity (Wildman–Crippen MR) is 128 cm³/mol. The summed E-state index contributed by atoms with van der Waals surface area (Å²) < 4.78 is 6.60. The summed E-state index contributed by atoms with van der Waals surface area (Å²) in [6, 6.07) is 26.0. The van der Waals surface area contributed by atoms with E-state index >= 15 is 0 Å². The van der Waals surface area contributed by atoms with Gasteiger partial charge in [-0.2, -0.15) is 5.26 Å². The Kier molecular flexibility index (Phi) is 5.21. The van der Waals surface area contributed by atoms with E-state index in [9.17, 15) is 5.26 Å². The van der Waals surface area contributed by atoms with Gasteiger partial charge in [-0.1, -0.05) is 69.6 Å². The van der Waals surface area contributed by atoms with Gasteiger partial charge in [-0.15, -0.1) is 11.3 Å². The molecule has 2 heterocycles. The lowest BCUT2D eigenvalue weighted by Crippen LogP contribution is -1.83. The summed E-state index contributed by atoms with van der Waals surface area (Å²) in [5.41, 5.74) is 5.03. The number of allylic oxidation sites excluding steroid dienone is 1. The van der Waals surface area contributed by atoms with E-state index in [-0.39, 0.29) is 0 Å². The first-order valence-corrected chi connectivity index (χ1v) is 11.2. The van der Waals surface area contributed by atoms with Gasteiger partial charge in [-0.05, 0) is 35.9 Å². The van der Waals surface area contributed by atoms with Gasteiger partial charge in [-0.25, -0.2) is 4.98 Å². The van der Waals surface area contributed by atoms with Crippen LogP contribution in [0.5, 0.6) is 0 Å². The SMILES string of the molecule is N#CC(=Cc1ccc2noc(-c3ccccc3)c2c1)c1nc(-c2ccc(Br)cc2)cs1. The quantitative estimate of drug-likeness (QED) is 0.249. The fraction of sp³-hybridized carbons (Fsp3) is 0. The molecule has 0 aliphatic heterocycles. The lowest BCUT2D eigenvalue weighted by Gasteiger charge is -1.99. The van der Waals surface area contributed by atoms with Gasteiger partial charge in [0.05, 0.1) is 16.7 Å². The van der Waals surface area contributed by atoms with Gasteiger partial charge in [0.15, 0.2) is 5.76 Å². The van der Waals surface area contributed by atoms with Crippen LogP contribution in [0.2, 0.25) is 0 Å². The van der Waals surface area contributed by atoms with E-state index < -0.39 is 0 Å². The molecule has 0 radical (unpaired) electrons. The maximum Gasteiger partial charge on any atom is 0.174 e. The van der Waals surface area contributed by atoms with Gasteiger partial charge in [0.1, 0.15) is 16.6 Å². The van der Waals surface area contributed by atoms with Crippen LogP contribution < -0.4 is 0 Å². The molecule has 3 aromatic carbocycles. The van der Waals surface area contributed by atoms with Gasteiger partial charge in [0.2, 0.25) is 0 Å². The molecule has 0 saturated carbocycles. The molecular formula is C25H14BrN3OS. The molecule has 0 aliphatic rings. The average Bonchev–Trinajstić information content (AvgIpc) is 3.46. The minimum Gasteiger partial charge on any atom is -0.355 e. The summed E-state index contributed by atoms with van der Waals surface area (Å²) in [7, 11) is 0. The number of fused-ring (bicyclic) bond motifs is 1. The van der Waals surface area contributed by atoms with E-state index in [1.165, 1.54) is 11.3 Å². The largest absolute Gasteiger partial charge is 0.355 e. The van der Waals surface area contributed by atoms with E-state index in [0.29, 0.717) is 10.6 Å². The molecule has 0 unspecified atom stereocenters. The van der Waals surface area contributed by atoms with Gasteiger partial charge in [0, 0.05) is 21.0 Å². The number of hydrogen-bond donors (Lipinski definition) is 0. The molecule has 0 N–H and O–H groups in total. The topological polar surface area (TPSA) is 62.7 Å². The molecule has 5 aromatic rings. The van der Waals surface area contributed by atoms with Crippen LogP contribution in [0.3, 0.4) is 0 Å². The molecule has 6 heteroatoms. The zero-order chi connectivity index (χ0) is 21.2. The molecule has 0 atom stereocenters. The van der Waals surface area contributed by atoms with Gasteiger partial charge in [0.25, 0.3) is 0 Å². The number of halogens is 1. The second kappa shape index (κ2) is 8.31. The van der Waals surface area contributed by atoms with Crippen LogP contribution in [-0.4, -0.2) is 10.1 Å². The summed E-state index contributed by atoms with van der Waals surface area (Å²) in [5.74, 6) is 0.719. The van der Waals surface area contributed by atoms with Crippen LogP contribution in [-0.2, 0) is 0 Å². The smallest absolute Gasteiger partial charge is 0.174 e. The third-order valence-corrected chi connectivity index (χ3v) is 6.25. The summed E-state index contributed by atoms with van der Waals surface area (Å²) in [6.07, 6.45) is 1.85. The van der Waals surface area contributed by atoms with Crippen molar-refractivity contribution in [3.63, 3.8) is 0 Å². The third-order valence-electron chi connectivity index (χ3n) is 4.84. The second-order valence-electron chi connectivity index (χ2n) is 6.87. The van der Waals surface area contributed by atoms with Crippen molar-refractivity contribution in [1.29, 1.82) is 5.26 Å². The van der Waals surface area contributed by atoms with E-state index in [2.05, 4.69) is 32.1 Å². The van der Waals surface area contributed by atoms with Crippen LogP contribution in [0, 0.1) is 11.3 Å². The molecule has 2 aromatic heterocycles.